The van der Waals surface area contributed by atoms with E-state index in [4.69, 9.17) is 0 Å². The average Bonchev–Trinajstić information content (AvgIpc) is 2.34. The van der Waals surface area contributed by atoms with Crippen LogP contribution in [0.3, 0.4) is 0 Å². The van der Waals surface area contributed by atoms with Gasteiger partial charge in [0.1, 0.15) is 0 Å². The first-order valence-corrected chi connectivity index (χ1v) is 5.33. The van der Waals surface area contributed by atoms with Crippen LogP contribution in [-0.2, 0) is 0 Å². The summed E-state index contributed by atoms with van der Waals surface area (Å²) in [5, 5.41) is 0. The van der Waals surface area contributed by atoms with Crippen LogP contribution in [-0.4, -0.2) is 11.7 Å². The number of pyridine rings is 1. The van der Waals surface area contributed by atoms with Gasteiger partial charge in [-0.15, -0.1) is 0 Å². The number of hydrogen-bond acceptors (Lipinski definition) is 2. The van der Waals surface area contributed by atoms with Gasteiger partial charge in [0, 0.05) is 6.20 Å². The molecular weight excluding hydrogens is 184 g/mol. The summed E-state index contributed by atoms with van der Waals surface area (Å²) in [6.07, 6.45) is 3.45. The lowest BCUT2D eigenvalue weighted by Crippen LogP contribution is -1.82. The first kappa shape index (κ1) is 16.0. The Labute approximate surface area is 93.8 Å². The minimum atomic E-state index is 0.783. The molecule has 0 N–H and O–H groups in total. The Bertz CT molecular complexity index is 291. The third-order valence-electron chi connectivity index (χ3n) is 1.40. The van der Waals surface area contributed by atoms with Gasteiger partial charge in [-0.2, -0.15) is 0 Å². The summed E-state index contributed by atoms with van der Waals surface area (Å²) in [7, 11) is 0. The van der Waals surface area contributed by atoms with Crippen molar-refractivity contribution in [3.63, 3.8) is 0 Å². The molecule has 2 heteroatoms. The van der Waals surface area contributed by atoms with Crippen LogP contribution < -0.4 is 0 Å². The van der Waals surface area contributed by atoms with Gasteiger partial charge >= 0.3 is 0 Å². The summed E-state index contributed by atoms with van der Waals surface area (Å²) in [5.41, 5.74) is 2.66. The molecule has 0 bridgehead atoms. The lowest BCUT2D eigenvalue weighted by molar-refractivity contribution is 1.23. The maximum Gasteiger partial charge on any atom is 0.0881 e. The molecule has 0 unspecified atom stereocenters. The number of aromatic nitrogens is 1. The number of nitrogens with zero attached hydrogens (tertiary/aromatic N) is 2. The van der Waals surface area contributed by atoms with Crippen molar-refractivity contribution in [3.8, 4) is 0 Å². The van der Waals surface area contributed by atoms with Gasteiger partial charge in [0.25, 0.3) is 0 Å². The molecule has 0 aromatic carbocycles. The third-order valence-corrected chi connectivity index (χ3v) is 1.40. The van der Waals surface area contributed by atoms with Crippen molar-refractivity contribution in [1.82, 2.24) is 4.98 Å². The first-order chi connectivity index (χ1) is 7.27. The average molecular weight is 206 g/mol. The van der Waals surface area contributed by atoms with Crippen LogP contribution in [0.15, 0.2) is 23.8 Å². The maximum absolute atomic E-state index is 4.12. The first-order valence-electron chi connectivity index (χ1n) is 5.33. The molecule has 0 aliphatic carbocycles. The van der Waals surface area contributed by atoms with E-state index in [1.807, 2.05) is 40.7 Å². The minimum absolute atomic E-state index is 0.783. The molecule has 0 aliphatic rings. The molecule has 0 amide bonds. The number of hydrogen-bond donors (Lipinski definition) is 0. The van der Waals surface area contributed by atoms with Gasteiger partial charge in [-0.25, -0.2) is 0 Å². The molecule has 1 rings (SSSR count). The van der Waals surface area contributed by atoms with Crippen molar-refractivity contribution in [2.45, 2.75) is 34.6 Å². The quantitative estimate of drug-likeness (QED) is 0.658. The Morgan fingerprint density at radius 2 is 1.80 bits per heavy atom. The molecule has 0 aliphatic heterocycles. The molecule has 1 heterocycles. The van der Waals surface area contributed by atoms with Gasteiger partial charge in [-0.05, 0) is 31.3 Å². The SMILES string of the molecule is C=Cc1ncc(C)cc1N=C.CC.CC. The molecule has 0 atom stereocenters. The fraction of sp³-hybridized carbons (Fsp3) is 0.385. The summed E-state index contributed by atoms with van der Waals surface area (Å²) in [6, 6.07) is 1.93. The summed E-state index contributed by atoms with van der Waals surface area (Å²) < 4.78 is 0. The molecule has 15 heavy (non-hydrogen) atoms. The fourth-order valence-corrected chi connectivity index (χ4v) is 0.848. The molecule has 0 radical (unpaired) electrons. The Hall–Kier alpha value is -1.44. The number of rotatable bonds is 2. The predicted octanol–water partition coefficient (Wildman–Crippen LogP) is 4.42. The number of aryl methyl sites for hydroxylation is 1. The second-order valence-electron chi connectivity index (χ2n) is 2.28. The lowest BCUT2D eigenvalue weighted by Gasteiger charge is -1.98. The van der Waals surface area contributed by atoms with Crippen LogP contribution in [0.5, 0.6) is 0 Å². The Morgan fingerprint density at radius 1 is 1.27 bits per heavy atom. The molecule has 0 spiro atoms. The van der Waals surface area contributed by atoms with Crippen LogP contribution in [0, 0.1) is 6.92 Å². The third kappa shape index (κ3) is 5.78. The van der Waals surface area contributed by atoms with E-state index in [1.54, 1.807) is 12.3 Å². The van der Waals surface area contributed by atoms with Gasteiger partial charge < -0.3 is 0 Å². The number of aliphatic imine (C=N–C) groups is 1. The molecule has 2 nitrogen and oxygen atoms in total. The van der Waals surface area contributed by atoms with Crippen LogP contribution >= 0.6 is 0 Å². The summed E-state index contributed by atoms with van der Waals surface area (Å²) in [4.78, 5) is 7.93. The molecule has 1 aromatic rings. The summed E-state index contributed by atoms with van der Waals surface area (Å²) >= 11 is 0. The molecule has 0 fully saturated rings. The highest BCUT2D eigenvalue weighted by molar-refractivity contribution is 5.61. The molecule has 0 saturated carbocycles. The van der Waals surface area contributed by atoms with Gasteiger partial charge in [0.05, 0.1) is 11.4 Å². The van der Waals surface area contributed by atoms with Gasteiger partial charge in [0.2, 0.25) is 0 Å². The van der Waals surface area contributed by atoms with Crippen LogP contribution in [0.1, 0.15) is 39.0 Å². The second kappa shape index (κ2) is 10.6. The van der Waals surface area contributed by atoms with Crippen molar-refractivity contribution in [2.24, 2.45) is 4.99 Å². The van der Waals surface area contributed by atoms with Crippen LogP contribution in [0.25, 0.3) is 6.08 Å². The molecule has 84 valence electrons. The van der Waals surface area contributed by atoms with Gasteiger partial charge in [-0.1, -0.05) is 34.3 Å². The van der Waals surface area contributed by atoms with E-state index >= 15 is 0 Å². The highest BCUT2D eigenvalue weighted by atomic mass is 14.8. The Morgan fingerprint density at radius 3 is 2.20 bits per heavy atom. The van der Waals surface area contributed by atoms with E-state index in [1.165, 1.54) is 0 Å². The zero-order valence-electron chi connectivity index (χ0n) is 10.5. The van der Waals surface area contributed by atoms with Crippen LogP contribution in [0.2, 0.25) is 0 Å². The highest BCUT2D eigenvalue weighted by Crippen LogP contribution is 2.17. The summed E-state index contributed by atoms with van der Waals surface area (Å²) in [5.74, 6) is 0. The van der Waals surface area contributed by atoms with E-state index < -0.39 is 0 Å². The van der Waals surface area contributed by atoms with Crippen molar-refractivity contribution < 1.29 is 0 Å². The molecule has 0 saturated heterocycles. The normalized spacial score (nSPS) is 7.53. The second-order valence-corrected chi connectivity index (χ2v) is 2.28. The van der Waals surface area contributed by atoms with Gasteiger partial charge in [0.15, 0.2) is 0 Å². The van der Waals surface area contributed by atoms with E-state index in [2.05, 4.69) is 23.3 Å². The minimum Gasteiger partial charge on any atom is -0.262 e. The predicted molar refractivity (Wildman–Crippen MR) is 71.0 cm³/mol. The van der Waals surface area contributed by atoms with Gasteiger partial charge in [-0.3, -0.25) is 9.98 Å². The Kier molecular flexibility index (Phi) is 11.4. The van der Waals surface area contributed by atoms with Crippen molar-refractivity contribution >= 4 is 18.5 Å². The van der Waals surface area contributed by atoms with E-state index in [0.717, 1.165) is 16.9 Å². The standard InChI is InChI=1S/C9H10N2.2C2H6/c1-4-8-9(10-3)5-7(2)6-11-8;2*1-2/h4-6H,1,3H2,2H3;2*1-2H3. The topological polar surface area (TPSA) is 25.2 Å². The molecule has 1 aromatic heterocycles. The molecular formula is C13H22N2. The largest absolute Gasteiger partial charge is 0.262 e. The van der Waals surface area contributed by atoms with E-state index in [-0.39, 0.29) is 0 Å². The maximum atomic E-state index is 4.12. The zero-order chi connectivity index (χ0) is 12.3. The van der Waals surface area contributed by atoms with Crippen molar-refractivity contribution in [2.75, 3.05) is 0 Å². The highest BCUT2D eigenvalue weighted by Gasteiger charge is 1.96. The zero-order valence-corrected chi connectivity index (χ0v) is 10.5. The lowest BCUT2D eigenvalue weighted by atomic mass is 10.2. The monoisotopic (exact) mass is 206 g/mol. The summed E-state index contributed by atoms with van der Waals surface area (Å²) in [6.45, 7) is 17.0. The Balaban J connectivity index is 0. The van der Waals surface area contributed by atoms with Crippen molar-refractivity contribution in [1.29, 1.82) is 0 Å². The smallest absolute Gasteiger partial charge is 0.0881 e. The van der Waals surface area contributed by atoms with Crippen molar-refractivity contribution in [3.05, 3.63) is 30.1 Å². The fourth-order valence-electron chi connectivity index (χ4n) is 0.848. The van der Waals surface area contributed by atoms with E-state index in [9.17, 15) is 0 Å². The van der Waals surface area contributed by atoms with Crippen LogP contribution in [0.4, 0.5) is 5.69 Å². The van der Waals surface area contributed by atoms with E-state index in [0.29, 0.717) is 0 Å².